The van der Waals surface area contributed by atoms with Gasteiger partial charge in [-0.15, -0.1) is 0 Å². The number of nitrogens with two attached hydrogens (primary N) is 1. The number of fused-ring (bicyclic) bond motifs is 1. The zero-order chi connectivity index (χ0) is 42.4. The summed E-state index contributed by atoms with van der Waals surface area (Å²) in [7, 11) is 0. The number of carbonyl (C=O) groups excluding carboxylic acids is 7. The summed E-state index contributed by atoms with van der Waals surface area (Å²) in [5, 5.41) is 13.9. The van der Waals surface area contributed by atoms with E-state index in [-0.39, 0.29) is 42.6 Å². The van der Waals surface area contributed by atoms with Crippen LogP contribution >= 0.6 is 23.5 Å². The molecule has 0 aromatic heterocycles. The summed E-state index contributed by atoms with van der Waals surface area (Å²) in [6.45, 7) is 7.60. The Morgan fingerprint density at radius 1 is 0.707 bits per heavy atom. The molecule has 0 radical (unpaired) electrons. The zero-order valence-electron chi connectivity index (χ0n) is 34.0. The molecule has 0 bridgehead atoms. The average Bonchev–Trinajstić information content (AvgIpc) is 3.69. The molecule has 2 fully saturated rings. The number of rotatable bonds is 10. The van der Waals surface area contributed by atoms with Gasteiger partial charge < -0.3 is 37.2 Å². The predicted molar refractivity (Wildman–Crippen MR) is 227 cm³/mol. The molecule has 6 amide bonds. The summed E-state index contributed by atoms with van der Waals surface area (Å²) in [4.78, 5) is 99.2. The topological polar surface area (TPSA) is 209 Å². The van der Waals surface area contributed by atoms with Crippen LogP contribution in [0.5, 0.6) is 0 Å². The van der Waals surface area contributed by atoms with Crippen molar-refractivity contribution in [3.05, 3.63) is 71.8 Å². The predicted octanol–water partition coefficient (Wildman–Crippen LogP) is 1.94. The highest BCUT2D eigenvalue weighted by Crippen LogP contribution is 2.21. The van der Waals surface area contributed by atoms with Crippen LogP contribution in [0.25, 0.3) is 0 Å². The highest BCUT2D eigenvalue weighted by molar-refractivity contribution is 8.13. The van der Waals surface area contributed by atoms with Crippen molar-refractivity contribution >= 4 is 64.1 Å². The summed E-state index contributed by atoms with van der Waals surface area (Å²) in [6.07, 6.45) is 3.49. The number of carbonyl (C=O) groups is 7. The second-order valence-corrected chi connectivity index (χ2v) is 17.7. The van der Waals surface area contributed by atoms with Crippen LogP contribution in [0.2, 0.25) is 0 Å². The molecule has 0 aliphatic carbocycles. The molecular formula is C42H59N7O7S2. The standard InChI is InChI=1S/C42H59N7O7S2/c1-25(2)21-31-36(50)44-30(18-20-57-5)42(56)58-24-29(43)41(55)49-19-12-17-34(49)39(53)46-33(23-28-15-10-7-11-16-28)38(52)48-35(26(3)4)40(54)47-32(37(51)45-31)22-27-13-8-6-9-14-27/h6-11,13-16,25-26,29-35H,12,17-24,43H2,1-5H3,(H,44,50)(H,45,51)(H,46,53)(H,47,54)(H,48,52)/t29-,30+,31-,32-,33-,34-,35-/m0/s1. The molecule has 316 valence electrons. The lowest BCUT2D eigenvalue weighted by Gasteiger charge is -2.30. The van der Waals surface area contributed by atoms with Gasteiger partial charge in [0.05, 0.1) is 12.1 Å². The van der Waals surface area contributed by atoms with Crippen LogP contribution in [0.15, 0.2) is 60.7 Å². The Labute approximate surface area is 350 Å². The third-order valence-electron chi connectivity index (χ3n) is 10.2. The third kappa shape index (κ3) is 13.6. The smallest absolute Gasteiger partial charge is 0.243 e. The molecule has 2 aliphatic heterocycles. The van der Waals surface area contributed by atoms with Gasteiger partial charge in [-0.25, -0.2) is 0 Å². The Morgan fingerprint density at radius 3 is 1.78 bits per heavy atom. The lowest BCUT2D eigenvalue weighted by molar-refractivity contribution is -0.140. The zero-order valence-corrected chi connectivity index (χ0v) is 35.7. The highest BCUT2D eigenvalue weighted by atomic mass is 32.2. The molecule has 2 aliphatic rings. The number of nitrogens with one attached hydrogen (secondary N) is 5. The Balaban J connectivity index is 1.74. The largest absolute Gasteiger partial charge is 0.344 e. The molecule has 0 saturated carbocycles. The number of hydrogen-bond donors (Lipinski definition) is 6. The first-order valence-electron chi connectivity index (χ1n) is 20.0. The number of hydrogen-bond acceptors (Lipinski definition) is 10. The van der Waals surface area contributed by atoms with E-state index < -0.39 is 83.7 Å². The molecule has 2 saturated heterocycles. The van der Waals surface area contributed by atoms with Crippen LogP contribution in [0.4, 0.5) is 0 Å². The first-order chi connectivity index (χ1) is 27.7. The maximum Gasteiger partial charge on any atom is 0.243 e. The van der Waals surface area contributed by atoms with Gasteiger partial charge in [0.1, 0.15) is 30.2 Å². The monoisotopic (exact) mass is 837 g/mol. The van der Waals surface area contributed by atoms with Gasteiger partial charge in [-0.05, 0) is 60.7 Å². The van der Waals surface area contributed by atoms with Crippen LogP contribution in [0.1, 0.15) is 64.5 Å². The molecule has 2 heterocycles. The van der Waals surface area contributed by atoms with Crippen LogP contribution < -0.4 is 32.3 Å². The van der Waals surface area contributed by atoms with Gasteiger partial charge in [0.15, 0.2) is 0 Å². The average molecular weight is 838 g/mol. The van der Waals surface area contributed by atoms with Crippen molar-refractivity contribution in [2.75, 3.05) is 24.3 Å². The van der Waals surface area contributed by atoms with Crippen molar-refractivity contribution in [3.63, 3.8) is 0 Å². The van der Waals surface area contributed by atoms with Gasteiger partial charge in [-0.3, -0.25) is 33.6 Å². The van der Waals surface area contributed by atoms with E-state index in [0.717, 1.165) is 22.9 Å². The number of thioether (sulfide) groups is 2. The lowest BCUT2D eigenvalue weighted by atomic mass is 9.98. The molecule has 4 rings (SSSR count). The van der Waals surface area contributed by atoms with Gasteiger partial charge in [0.25, 0.3) is 0 Å². The molecule has 0 spiro atoms. The molecule has 0 unspecified atom stereocenters. The quantitative estimate of drug-likeness (QED) is 0.205. The van der Waals surface area contributed by atoms with E-state index in [4.69, 9.17) is 5.73 Å². The van der Waals surface area contributed by atoms with E-state index in [0.29, 0.717) is 25.0 Å². The van der Waals surface area contributed by atoms with Crippen LogP contribution in [-0.2, 0) is 46.4 Å². The van der Waals surface area contributed by atoms with Crippen molar-refractivity contribution in [3.8, 4) is 0 Å². The van der Waals surface area contributed by atoms with E-state index in [2.05, 4.69) is 26.6 Å². The Kier molecular flexibility index (Phi) is 18.1. The van der Waals surface area contributed by atoms with Crippen molar-refractivity contribution in [1.82, 2.24) is 31.5 Å². The van der Waals surface area contributed by atoms with Gasteiger partial charge in [0, 0.05) is 25.1 Å². The summed E-state index contributed by atoms with van der Waals surface area (Å²) in [5.74, 6) is -3.48. The van der Waals surface area contributed by atoms with Crippen LogP contribution in [-0.4, -0.2) is 112 Å². The van der Waals surface area contributed by atoms with Crippen LogP contribution in [0.3, 0.4) is 0 Å². The Morgan fingerprint density at radius 2 is 1.22 bits per heavy atom. The third-order valence-corrected chi connectivity index (χ3v) is 11.9. The fraction of sp³-hybridized carbons (Fsp3) is 0.548. The lowest BCUT2D eigenvalue weighted by Crippen LogP contribution is -2.61. The maximum absolute atomic E-state index is 14.2. The molecule has 7 atom stereocenters. The van der Waals surface area contributed by atoms with E-state index >= 15 is 0 Å². The normalized spacial score (nSPS) is 26.2. The first kappa shape index (κ1) is 46.3. The minimum absolute atomic E-state index is 0.0326. The van der Waals surface area contributed by atoms with Crippen molar-refractivity contribution < 1.29 is 33.6 Å². The van der Waals surface area contributed by atoms with E-state index in [1.54, 1.807) is 13.8 Å². The molecule has 7 N–H and O–H groups in total. The number of benzene rings is 2. The van der Waals surface area contributed by atoms with Crippen molar-refractivity contribution in [1.29, 1.82) is 0 Å². The molecule has 2 aromatic rings. The SMILES string of the molecule is CSCC[C@H]1NC(=O)[C@H](CC(C)C)NC(=O)[C@H](Cc2ccccc2)NC(=O)[C@H](C(C)C)NC(=O)[C@H](Cc2ccccc2)NC(=O)[C@@H]2CCCN2C(=O)[C@@H](N)CSC1=O. The minimum Gasteiger partial charge on any atom is -0.344 e. The van der Waals surface area contributed by atoms with E-state index in [1.165, 1.54) is 16.7 Å². The van der Waals surface area contributed by atoms with Crippen molar-refractivity contribution in [2.24, 2.45) is 17.6 Å². The van der Waals surface area contributed by atoms with Crippen molar-refractivity contribution in [2.45, 2.75) is 109 Å². The highest BCUT2D eigenvalue weighted by Gasteiger charge is 2.39. The fourth-order valence-electron chi connectivity index (χ4n) is 7.03. The molecular weight excluding hydrogens is 779 g/mol. The van der Waals surface area contributed by atoms with E-state index in [9.17, 15) is 33.6 Å². The second kappa shape index (κ2) is 22.7. The van der Waals surface area contributed by atoms with Gasteiger partial charge in [-0.1, -0.05) is 100 Å². The van der Waals surface area contributed by atoms with Crippen LogP contribution in [0, 0.1) is 11.8 Å². The number of amides is 6. The molecule has 58 heavy (non-hydrogen) atoms. The molecule has 16 heteroatoms. The second-order valence-electron chi connectivity index (χ2n) is 15.7. The summed E-state index contributed by atoms with van der Waals surface area (Å²) < 4.78 is 0. The van der Waals surface area contributed by atoms with Gasteiger partial charge >= 0.3 is 0 Å². The summed E-state index contributed by atoms with van der Waals surface area (Å²) >= 11 is 2.34. The maximum atomic E-state index is 14.2. The Hall–Kier alpha value is -4.41. The fourth-order valence-corrected chi connectivity index (χ4v) is 8.36. The molecule has 2 aromatic carbocycles. The number of nitrogens with zero attached hydrogens (tertiary/aromatic N) is 1. The van der Waals surface area contributed by atoms with Gasteiger partial charge in [0.2, 0.25) is 40.6 Å². The Bertz CT molecular complexity index is 1730. The first-order valence-corrected chi connectivity index (χ1v) is 22.4. The van der Waals surface area contributed by atoms with E-state index in [1.807, 2.05) is 80.8 Å². The summed E-state index contributed by atoms with van der Waals surface area (Å²) in [5.41, 5.74) is 7.88. The molecule has 14 nitrogen and oxygen atoms in total. The summed E-state index contributed by atoms with van der Waals surface area (Å²) in [6, 6.07) is 10.8. The minimum atomic E-state index is -1.15. The van der Waals surface area contributed by atoms with Gasteiger partial charge in [-0.2, -0.15) is 11.8 Å².